The van der Waals surface area contributed by atoms with Crippen LogP contribution in [0.2, 0.25) is 0 Å². The maximum absolute atomic E-state index is 14.4. The smallest absolute Gasteiger partial charge is 0.279 e. The summed E-state index contributed by atoms with van der Waals surface area (Å²) in [6, 6.07) is 13.1. The highest BCUT2D eigenvalue weighted by molar-refractivity contribution is 6.03. The van der Waals surface area contributed by atoms with Gasteiger partial charge in [-0.2, -0.15) is 0 Å². The topological polar surface area (TPSA) is 132 Å². The minimum absolute atomic E-state index is 0.198. The van der Waals surface area contributed by atoms with Gasteiger partial charge in [0, 0.05) is 69.4 Å². The van der Waals surface area contributed by atoms with Gasteiger partial charge in [0.2, 0.25) is 0 Å². The molecule has 2 amide bonds. The molecule has 0 saturated carbocycles. The highest BCUT2D eigenvalue weighted by Gasteiger charge is 2.26. The lowest BCUT2D eigenvalue weighted by molar-refractivity contribution is -0.120. The largest absolute Gasteiger partial charge is 0.378 e. The molecule has 6 heterocycles. The second-order valence-electron chi connectivity index (χ2n) is 12.7. The number of nitrogens with one attached hydrogen (secondary N) is 3. The number of alkyl halides is 1. The number of carbonyl (C=O) groups is 2. The standard InChI is InChI=1S/C35H39F2N9O3/c36-25-19-45(20-25)11-8-29(37)34(47)42-27-2-1-10-44(21-27)18-23-7-9-38-31(16-23)35(48)41-26-5-3-24(4-6-26)30-17-28-32(43-30)39-22-40-33(28)46-12-14-49-15-13-46/h3-9,16-17,22,25,27H,1-2,10-15,18-21H2,(H,41,48)(H,42,47)(H,39,40,43)/b29-8-. The van der Waals surface area contributed by atoms with Gasteiger partial charge < -0.3 is 25.3 Å². The second kappa shape index (κ2) is 14.8. The minimum Gasteiger partial charge on any atom is -0.378 e. The van der Waals surface area contributed by atoms with E-state index >= 15 is 0 Å². The Labute approximate surface area is 282 Å². The number of aromatic amines is 1. The van der Waals surface area contributed by atoms with Crippen LogP contribution in [-0.4, -0.2) is 113 Å². The number of aromatic nitrogens is 4. The first-order valence-electron chi connectivity index (χ1n) is 16.7. The first-order chi connectivity index (χ1) is 23.9. The van der Waals surface area contributed by atoms with Gasteiger partial charge in [0.05, 0.1) is 18.6 Å². The van der Waals surface area contributed by atoms with Crippen LogP contribution in [0.5, 0.6) is 0 Å². The molecule has 3 saturated heterocycles. The van der Waals surface area contributed by atoms with Crippen LogP contribution in [0.15, 0.2) is 66.9 Å². The SMILES string of the molecule is O=C(NC1CCCN(Cc2ccnc(C(=O)Nc3ccc(-c4cc5c(N6CCOCC6)ncnc5[nH]4)cc3)c2)C1)/C(F)=C/CN1CC(F)C1. The van der Waals surface area contributed by atoms with Gasteiger partial charge in [-0.3, -0.25) is 24.4 Å². The van der Waals surface area contributed by atoms with E-state index in [1.54, 1.807) is 23.5 Å². The van der Waals surface area contributed by atoms with E-state index in [4.69, 9.17) is 4.74 Å². The molecule has 0 spiro atoms. The normalized spacial score (nSPS) is 19.5. The van der Waals surface area contributed by atoms with Crippen LogP contribution in [0, 0.1) is 0 Å². The molecule has 0 aliphatic carbocycles. The third-order valence-electron chi connectivity index (χ3n) is 9.13. The van der Waals surface area contributed by atoms with E-state index in [-0.39, 0.29) is 31.6 Å². The summed E-state index contributed by atoms with van der Waals surface area (Å²) in [4.78, 5) is 48.3. The highest BCUT2D eigenvalue weighted by Crippen LogP contribution is 2.30. The Kier molecular flexibility index (Phi) is 9.87. The van der Waals surface area contributed by atoms with Crippen molar-refractivity contribution in [1.29, 1.82) is 0 Å². The van der Waals surface area contributed by atoms with E-state index in [1.165, 1.54) is 6.08 Å². The van der Waals surface area contributed by atoms with Crippen LogP contribution >= 0.6 is 0 Å². The predicted octanol–water partition coefficient (Wildman–Crippen LogP) is 3.70. The van der Waals surface area contributed by atoms with Gasteiger partial charge in [0.1, 0.15) is 29.7 Å². The third-order valence-corrected chi connectivity index (χ3v) is 9.13. The maximum atomic E-state index is 14.4. The van der Waals surface area contributed by atoms with Crippen LogP contribution < -0.4 is 15.5 Å². The number of hydrogen-bond donors (Lipinski definition) is 3. The van der Waals surface area contributed by atoms with Gasteiger partial charge in [0.25, 0.3) is 11.8 Å². The molecule has 4 aromatic rings. The molecule has 1 unspecified atom stereocenters. The van der Waals surface area contributed by atoms with E-state index in [9.17, 15) is 18.4 Å². The Hall–Kier alpha value is -4.79. The third kappa shape index (κ3) is 7.93. The van der Waals surface area contributed by atoms with E-state index < -0.39 is 17.9 Å². The van der Waals surface area contributed by atoms with Crippen molar-refractivity contribution in [2.24, 2.45) is 0 Å². The van der Waals surface area contributed by atoms with Gasteiger partial charge in [-0.15, -0.1) is 0 Å². The lowest BCUT2D eigenvalue weighted by atomic mass is 10.0. The molecule has 3 fully saturated rings. The maximum Gasteiger partial charge on any atom is 0.279 e. The van der Waals surface area contributed by atoms with Crippen molar-refractivity contribution < 1.29 is 23.1 Å². The van der Waals surface area contributed by atoms with E-state index in [0.29, 0.717) is 37.7 Å². The van der Waals surface area contributed by atoms with Gasteiger partial charge in [-0.1, -0.05) is 12.1 Å². The average molecular weight is 672 g/mol. The molecule has 256 valence electrons. The molecular weight excluding hydrogens is 632 g/mol. The summed E-state index contributed by atoms with van der Waals surface area (Å²) in [7, 11) is 0. The summed E-state index contributed by atoms with van der Waals surface area (Å²) >= 11 is 0. The Morgan fingerprint density at radius 1 is 1.00 bits per heavy atom. The number of H-pyrrole nitrogens is 1. The number of ether oxygens (including phenoxy) is 1. The molecule has 1 aromatic carbocycles. The van der Waals surface area contributed by atoms with Crippen LogP contribution in [0.25, 0.3) is 22.3 Å². The summed E-state index contributed by atoms with van der Waals surface area (Å²) in [6.45, 7) is 5.60. The number of halogens is 2. The molecule has 1 atom stereocenters. The van der Waals surface area contributed by atoms with Gasteiger partial charge in [-0.25, -0.2) is 18.7 Å². The van der Waals surface area contributed by atoms with Crippen molar-refractivity contribution in [2.45, 2.75) is 31.6 Å². The van der Waals surface area contributed by atoms with Crippen LogP contribution in [0.1, 0.15) is 28.9 Å². The number of carbonyl (C=O) groups excluding carboxylic acids is 2. The van der Waals surface area contributed by atoms with E-state index in [1.807, 2.05) is 30.3 Å². The van der Waals surface area contributed by atoms with Gasteiger partial charge in [-0.05, 0) is 66.9 Å². The molecule has 3 aliphatic heterocycles. The summed E-state index contributed by atoms with van der Waals surface area (Å²) in [6.07, 6.45) is 5.12. The number of fused-ring (bicyclic) bond motifs is 1. The molecule has 0 bridgehead atoms. The number of pyridine rings is 1. The van der Waals surface area contributed by atoms with Crippen molar-refractivity contribution in [3.05, 3.63) is 78.1 Å². The van der Waals surface area contributed by atoms with Crippen molar-refractivity contribution >= 4 is 34.4 Å². The van der Waals surface area contributed by atoms with Crippen molar-refractivity contribution in [3.8, 4) is 11.3 Å². The fraction of sp³-hybridized carbons (Fsp3) is 0.400. The number of amides is 2. The van der Waals surface area contributed by atoms with Crippen LogP contribution in [-0.2, 0) is 16.1 Å². The summed E-state index contributed by atoms with van der Waals surface area (Å²) in [5, 5.41) is 6.68. The number of hydrogen-bond acceptors (Lipinski definition) is 9. The first kappa shape index (κ1) is 32.7. The molecule has 3 aromatic heterocycles. The fourth-order valence-electron chi connectivity index (χ4n) is 6.52. The van der Waals surface area contributed by atoms with Crippen molar-refractivity contribution in [3.63, 3.8) is 0 Å². The lowest BCUT2D eigenvalue weighted by Crippen LogP contribution is -2.48. The zero-order chi connectivity index (χ0) is 33.7. The number of anilines is 2. The van der Waals surface area contributed by atoms with Gasteiger partial charge >= 0.3 is 0 Å². The van der Waals surface area contributed by atoms with Crippen LogP contribution in [0.4, 0.5) is 20.3 Å². The molecule has 14 heteroatoms. The predicted molar refractivity (Wildman–Crippen MR) is 182 cm³/mol. The summed E-state index contributed by atoms with van der Waals surface area (Å²) in [5.41, 5.74) is 4.45. The minimum atomic E-state index is -0.869. The van der Waals surface area contributed by atoms with E-state index in [0.717, 1.165) is 66.1 Å². The number of rotatable bonds is 10. The zero-order valence-corrected chi connectivity index (χ0v) is 27.1. The Morgan fingerprint density at radius 3 is 2.61 bits per heavy atom. The van der Waals surface area contributed by atoms with Gasteiger partial charge in [0.15, 0.2) is 5.83 Å². The van der Waals surface area contributed by atoms with Crippen LogP contribution in [0.3, 0.4) is 0 Å². The van der Waals surface area contributed by atoms with Crippen molar-refractivity contribution in [1.82, 2.24) is 35.1 Å². The first-order valence-corrected chi connectivity index (χ1v) is 16.7. The number of likely N-dealkylation sites (tertiary alicyclic amines) is 2. The molecule has 3 N–H and O–H groups in total. The molecule has 0 radical (unpaired) electrons. The monoisotopic (exact) mass is 671 g/mol. The van der Waals surface area contributed by atoms with E-state index in [2.05, 4.69) is 46.4 Å². The summed E-state index contributed by atoms with van der Waals surface area (Å²) < 4.78 is 32.8. The quantitative estimate of drug-likeness (QED) is 0.216. The number of morpholine rings is 1. The highest BCUT2D eigenvalue weighted by atomic mass is 19.1. The molecule has 12 nitrogen and oxygen atoms in total. The number of benzene rings is 1. The lowest BCUT2D eigenvalue weighted by Gasteiger charge is -2.33. The Bertz CT molecular complexity index is 1820. The summed E-state index contributed by atoms with van der Waals surface area (Å²) in [5.74, 6) is -1.02. The van der Waals surface area contributed by atoms with Crippen molar-refractivity contribution in [2.75, 3.05) is 69.2 Å². The number of nitrogens with zero attached hydrogens (tertiary/aromatic N) is 6. The molecule has 49 heavy (non-hydrogen) atoms. The zero-order valence-electron chi connectivity index (χ0n) is 27.1. The average Bonchev–Trinajstić information content (AvgIpc) is 3.55. The second-order valence-corrected chi connectivity index (χ2v) is 12.7. The molecular formula is C35H39F2N9O3. The fourth-order valence-corrected chi connectivity index (χ4v) is 6.52. The Balaban J connectivity index is 0.933. The molecule has 3 aliphatic rings. The Morgan fingerprint density at radius 2 is 1.82 bits per heavy atom. The number of piperidine rings is 1. The molecule has 7 rings (SSSR count).